The summed E-state index contributed by atoms with van der Waals surface area (Å²) in [6.07, 6.45) is 1.49. The van der Waals surface area contributed by atoms with Gasteiger partial charge in [0.25, 0.3) is 0 Å². The molecule has 0 unspecified atom stereocenters. The molecule has 0 amide bonds. The van der Waals surface area contributed by atoms with Gasteiger partial charge in [0.05, 0.1) is 5.69 Å². The summed E-state index contributed by atoms with van der Waals surface area (Å²) in [5.41, 5.74) is 14.7. The molecule has 6 heteroatoms. The molecule has 1 heterocycles. The molecule has 0 fully saturated rings. The molecule has 0 saturated heterocycles. The van der Waals surface area contributed by atoms with Crippen LogP contribution in [0.4, 0.5) is 28.7 Å². The Morgan fingerprint density at radius 1 is 0.870 bits per heavy atom. The summed E-state index contributed by atoms with van der Waals surface area (Å²) < 4.78 is 0. The van der Waals surface area contributed by atoms with Gasteiger partial charge < -0.3 is 10.6 Å². The Balaban J connectivity index is 1.81. The van der Waals surface area contributed by atoms with Crippen LogP contribution >= 0.6 is 0 Å². The second-order valence-corrected chi connectivity index (χ2v) is 4.97. The third kappa shape index (κ3) is 3.32. The SMILES string of the molecule is CN(c1ccccc1)c1ncnc(NNc2ccccc2)c1N. The molecule has 0 spiro atoms. The van der Waals surface area contributed by atoms with Gasteiger partial charge in [0, 0.05) is 12.7 Å². The second-order valence-electron chi connectivity index (χ2n) is 4.97. The summed E-state index contributed by atoms with van der Waals surface area (Å²) in [7, 11) is 1.92. The zero-order valence-electron chi connectivity index (χ0n) is 12.8. The highest BCUT2D eigenvalue weighted by atomic mass is 15.4. The van der Waals surface area contributed by atoms with Crippen LogP contribution in [0, 0.1) is 0 Å². The fourth-order valence-electron chi connectivity index (χ4n) is 2.18. The van der Waals surface area contributed by atoms with Gasteiger partial charge in [0.15, 0.2) is 11.6 Å². The van der Waals surface area contributed by atoms with Gasteiger partial charge in [0.2, 0.25) is 0 Å². The predicted octanol–water partition coefficient (Wildman–Crippen LogP) is 3.27. The molecular formula is C17H18N6. The minimum atomic E-state index is 0.474. The summed E-state index contributed by atoms with van der Waals surface area (Å²) in [4.78, 5) is 10.4. The molecule has 116 valence electrons. The topological polar surface area (TPSA) is 79.1 Å². The van der Waals surface area contributed by atoms with E-state index in [1.54, 1.807) is 0 Å². The predicted molar refractivity (Wildman–Crippen MR) is 94.6 cm³/mol. The number of rotatable bonds is 5. The molecule has 6 nitrogen and oxygen atoms in total. The Hall–Kier alpha value is -3.28. The number of nitrogens with zero attached hydrogens (tertiary/aromatic N) is 3. The first-order valence-electron chi connectivity index (χ1n) is 7.22. The van der Waals surface area contributed by atoms with E-state index < -0.39 is 0 Å². The third-order valence-corrected chi connectivity index (χ3v) is 3.42. The van der Waals surface area contributed by atoms with Crippen molar-refractivity contribution in [3.05, 3.63) is 67.0 Å². The lowest BCUT2D eigenvalue weighted by Gasteiger charge is -2.21. The second kappa shape index (κ2) is 6.65. The monoisotopic (exact) mass is 306 g/mol. The van der Waals surface area contributed by atoms with E-state index in [2.05, 4.69) is 20.8 Å². The summed E-state index contributed by atoms with van der Waals surface area (Å²) >= 11 is 0. The van der Waals surface area contributed by atoms with Crippen LogP contribution in [0.25, 0.3) is 0 Å². The largest absolute Gasteiger partial charge is 0.393 e. The lowest BCUT2D eigenvalue weighted by Crippen LogP contribution is -2.17. The molecule has 4 N–H and O–H groups in total. The van der Waals surface area contributed by atoms with Crippen molar-refractivity contribution in [1.82, 2.24) is 9.97 Å². The molecular weight excluding hydrogens is 288 g/mol. The van der Waals surface area contributed by atoms with Crippen LogP contribution in [0.15, 0.2) is 67.0 Å². The van der Waals surface area contributed by atoms with Crippen LogP contribution in [-0.4, -0.2) is 17.0 Å². The lowest BCUT2D eigenvalue weighted by atomic mass is 10.3. The van der Waals surface area contributed by atoms with Gasteiger partial charge in [-0.15, -0.1) is 0 Å². The molecule has 0 radical (unpaired) electrons. The number of nitrogens with one attached hydrogen (secondary N) is 2. The number of para-hydroxylation sites is 2. The van der Waals surface area contributed by atoms with Crippen molar-refractivity contribution in [3.63, 3.8) is 0 Å². The highest BCUT2D eigenvalue weighted by Gasteiger charge is 2.13. The molecule has 23 heavy (non-hydrogen) atoms. The molecule has 3 aromatic rings. The average Bonchev–Trinajstić information content (AvgIpc) is 2.62. The Labute approximate surface area is 135 Å². The number of benzene rings is 2. The van der Waals surface area contributed by atoms with E-state index in [1.165, 1.54) is 6.33 Å². The van der Waals surface area contributed by atoms with Crippen molar-refractivity contribution in [2.75, 3.05) is 28.5 Å². The summed E-state index contributed by atoms with van der Waals surface area (Å²) in [5, 5.41) is 0. The van der Waals surface area contributed by atoms with Gasteiger partial charge in [-0.1, -0.05) is 36.4 Å². The molecule has 3 rings (SSSR count). The number of hydrogen-bond acceptors (Lipinski definition) is 6. The van der Waals surface area contributed by atoms with Gasteiger partial charge in [-0.25, -0.2) is 9.97 Å². The minimum absolute atomic E-state index is 0.474. The normalized spacial score (nSPS) is 10.1. The molecule has 1 aromatic heterocycles. The minimum Gasteiger partial charge on any atom is -0.393 e. The molecule has 0 atom stereocenters. The maximum absolute atomic E-state index is 6.22. The van der Waals surface area contributed by atoms with Gasteiger partial charge in [0.1, 0.15) is 12.0 Å². The van der Waals surface area contributed by atoms with Crippen molar-refractivity contribution >= 4 is 28.7 Å². The Morgan fingerprint density at radius 2 is 1.52 bits per heavy atom. The van der Waals surface area contributed by atoms with Crippen LogP contribution in [-0.2, 0) is 0 Å². The van der Waals surface area contributed by atoms with Gasteiger partial charge in [-0.2, -0.15) is 0 Å². The maximum Gasteiger partial charge on any atom is 0.173 e. The quantitative estimate of drug-likeness (QED) is 0.628. The maximum atomic E-state index is 6.22. The zero-order valence-corrected chi connectivity index (χ0v) is 12.8. The van der Waals surface area contributed by atoms with E-state index in [-0.39, 0.29) is 0 Å². The highest BCUT2D eigenvalue weighted by molar-refractivity contribution is 5.79. The fourth-order valence-corrected chi connectivity index (χ4v) is 2.18. The smallest absolute Gasteiger partial charge is 0.173 e. The van der Waals surface area contributed by atoms with E-state index in [9.17, 15) is 0 Å². The molecule has 0 saturated carbocycles. The number of nitrogen functional groups attached to an aromatic ring is 1. The van der Waals surface area contributed by atoms with E-state index in [0.717, 1.165) is 11.4 Å². The van der Waals surface area contributed by atoms with Crippen molar-refractivity contribution in [1.29, 1.82) is 0 Å². The Bertz CT molecular complexity index is 761. The third-order valence-electron chi connectivity index (χ3n) is 3.42. The molecule has 2 aromatic carbocycles. The van der Waals surface area contributed by atoms with Crippen LogP contribution in [0.5, 0.6) is 0 Å². The summed E-state index contributed by atoms with van der Waals surface area (Å²) in [5.74, 6) is 1.17. The standard InChI is InChI=1S/C17H18N6/c1-23(14-10-6-3-7-11-14)17-15(18)16(19-12-20-17)22-21-13-8-4-2-5-9-13/h2-12,21H,18H2,1H3,(H,19,20,22). The fraction of sp³-hybridized carbons (Fsp3) is 0.0588. The van der Waals surface area contributed by atoms with Crippen LogP contribution in [0.1, 0.15) is 0 Å². The van der Waals surface area contributed by atoms with E-state index in [1.807, 2.05) is 72.6 Å². The van der Waals surface area contributed by atoms with E-state index >= 15 is 0 Å². The van der Waals surface area contributed by atoms with Crippen molar-refractivity contribution in [2.45, 2.75) is 0 Å². The van der Waals surface area contributed by atoms with Gasteiger partial charge in [-0.3, -0.25) is 10.9 Å². The van der Waals surface area contributed by atoms with E-state index in [0.29, 0.717) is 17.3 Å². The number of hydrazine groups is 1. The van der Waals surface area contributed by atoms with Gasteiger partial charge >= 0.3 is 0 Å². The van der Waals surface area contributed by atoms with Crippen LogP contribution < -0.4 is 21.5 Å². The summed E-state index contributed by atoms with van der Waals surface area (Å²) in [6, 6.07) is 19.6. The summed E-state index contributed by atoms with van der Waals surface area (Å²) in [6.45, 7) is 0. The van der Waals surface area contributed by atoms with E-state index in [4.69, 9.17) is 5.73 Å². The van der Waals surface area contributed by atoms with Crippen LogP contribution in [0.2, 0.25) is 0 Å². The van der Waals surface area contributed by atoms with Crippen molar-refractivity contribution < 1.29 is 0 Å². The first-order valence-corrected chi connectivity index (χ1v) is 7.22. The van der Waals surface area contributed by atoms with Gasteiger partial charge in [-0.05, 0) is 24.3 Å². The number of anilines is 5. The average molecular weight is 306 g/mol. The molecule has 0 aliphatic rings. The number of nitrogens with two attached hydrogens (primary N) is 1. The Kier molecular flexibility index (Phi) is 4.24. The number of hydrogen-bond donors (Lipinski definition) is 3. The molecule has 0 aliphatic heterocycles. The Morgan fingerprint density at radius 3 is 2.22 bits per heavy atom. The zero-order chi connectivity index (χ0) is 16.1. The first-order chi connectivity index (χ1) is 11.3. The number of aromatic nitrogens is 2. The first kappa shape index (κ1) is 14.6. The molecule has 0 bridgehead atoms. The lowest BCUT2D eigenvalue weighted by molar-refractivity contribution is 1.08. The molecule has 0 aliphatic carbocycles. The van der Waals surface area contributed by atoms with Crippen molar-refractivity contribution in [2.24, 2.45) is 0 Å². The van der Waals surface area contributed by atoms with Crippen LogP contribution in [0.3, 0.4) is 0 Å². The highest BCUT2D eigenvalue weighted by Crippen LogP contribution is 2.30. The van der Waals surface area contributed by atoms with Crippen molar-refractivity contribution in [3.8, 4) is 0 Å².